The van der Waals surface area contributed by atoms with Gasteiger partial charge in [-0.3, -0.25) is 10.1 Å². The largest absolute Gasteiger partial charge is 0.707 e. The average Bonchev–Trinajstić information content (AvgIpc) is 2.15. The van der Waals surface area contributed by atoms with Crippen molar-refractivity contribution in [3.63, 3.8) is 0 Å². The molecule has 1 rings (SSSR count). The SMILES string of the molecule is CCc1cccc(OB(O)O)c1[N+](=O)[O-]. The average molecular weight is 211 g/mol. The van der Waals surface area contributed by atoms with Crippen molar-refractivity contribution in [2.24, 2.45) is 0 Å². The molecule has 0 heterocycles. The van der Waals surface area contributed by atoms with Crippen LogP contribution in [-0.4, -0.2) is 22.3 Å². The zero-order chi connectivity index (χ0) is 11.4. The third-order valence-electron chi connectivity index (χ3n) is 1.88. The number of nitro benzene ring substituents is 1. The van der Waals surface area contributed by atoms with Gasteiger partial charge < -0.3 is 14.7 Å². The Morgan fingerprint density at radius 1 is 1.53 bits per heavy atom. The van der Waals surface area contributed by atoms with Crippen LogP contribution in [0.25, 0.3) is 0 Å². The van der Waals surface area contributed by atoms with Crippen molar-refractivity contribution in [2.45, 2.75) is 13.3 Å². The molecule has 0 radical (unpaired) electrons. The summed E-state index contributed by atoms with van der Waals surface area (Å²) in [5.74, 6) is -0.144. The number of nitro groups is 1. The van der Waals surface area contributed by atoms with Crippen LogP contribution < -0.4 is 4.65 Å². The van der Waals surface area contributed by atoms with Gasteiger partial charge in [0.25, 0.3) is 0 Å². The molecule has 2 N–H and O–H groups in total. The summed E-state index contributed by atoms with van der Waals surface area (Å²) in [7, 11) is -2.06. The maximum atomic E-state index is 10.7. The molecule has 0 saturated heterocycles. The number of aryl methyl sites for hydroxylation is 1. The van der Waals surface area contributed by atoms with Crippen molar-refractivity contribution in [3.05, 3.63) is 33.9 Å². The fraction of sp³-hybridized carbons (Fsp3) is 0.250. The highest BCUT2D eigenvalue weighted by Gasteiger charge is 2.23. The van der Waals surface area contributed by atoms with Crippen molar-refractivity contribution < 1.29 is 19.6 Å². The summed E-state index contributed by atoms with van der Waals surface area (Å²) in [4.78, 5) is 10.1. The molecule has 7 heteroatoms. The molecule has 0 aliphatic heterocycles. The quantitative estimate of drug-likeness (QED) is 0.429. The highest BCUT2D eigenvalue weighted by Crippen LogP contribution is 2.31. The molecule has 0 saturated carbocycles. The first-order valence-electron chi connectivity index (χ1n) is 4.35. The summed E-state index contributed by atoms with van der Waals surface area (Å²) in [5, 5.41) is 27.9. The second-order valence-corrected chi connectivity index (χ2v) is 2.82. The first kappa shape index (κ1) is 11.5. The van der Waals surface area contributed by atoms with Crippen LogP contribution in [0.4, 0.5) is 5.69 Å². The summed E-state index contributed by atoms with van der Waals surface area (Å²) in [6, 6.07) is 4.47. The Morgan fingerprint density at radius 2 is 2.20 bits per heavy atom. The van der Waals surface area contributed by atoms with E-state index in [-0.39, 0.29) is 11.4 Å². The highest BCUT2D eigenvalue weighted by atomic mass is 16.6. The standard InChI is InChI=1S/C8H10BNO5/c1-2-6-4-3-5-7(15-9(11)12)8(6)10(13)14/h3-5,11-12H,2H2,1H3. The Hall–Kier alpha value is -1.60. The van der Waals surface area contributed by atoms with Crippen molar-refractivity contribution in [1.29, 1.82) is 0 Å². The van der Waals surface area contributed by atoms with Gasteiger partial charge in [-0.2, -0.15) is 0 Å². The lowest BCUT2D eigenvalue weighted by Gasteiger charge is -2.07. The Balaban J connectivity index is 3.19. The molecule has 6 nitrogen and oxygen atoms in total. The number of rotatable bonds is 4. The van der Waals surface area contributed by atoms with E-state index in [0.717, 1.165) is 0 Å². The number of nitrogens with zero attached hydrogens (tertiary/aromatic N) is 1. The van der Waals surface area contributed by atoms with Crippen molar-refractivity contribution in [2.75, 3.05) is 0 Å². The number of para-hydroxylation sites is 1. The van der Waals surface area contributed by atoms with E-state index in [1.165, 1.54) is 6.07 Å². The number of hydrogen-bond donors (Lipinski definition) is 2. The molecule has 0 unspecified atom stereocenters. The van der Waals surface area contributed by atoms with Gasteiger partial charge in [-0.15, -0.1) is 0 Å². The van der Waals surface area contributed by atoms with Gasteiger partial charge in [-0.05, 0) is 12.5 Å². The molecule has 0 aliphatic rings. The van der Waals surface area contributed by atoms with E-state index in [0.29, 0.717) is 12.0 Å². The molecule has 0 aliphatic carbocycles. The molecule has 0 amide bonds. The molecule has 80 valence electrons. The van der Waals surface area contributed by atoms with Crippen LogP contribution in [0.5, 0.6) is 5.75 Å². The maximum absolute atomic E-state index is 10.7. The third kappa shape index (κ3) is 2.68. The van der Waals surface area contributed by atoms with Crippen molar-refractivity contribution in [3.8, 4) is 5.75 Å². The lowest BCUT2D eigenvalue weighted by molar-refractivity contribution is -0.386. The molecule has 15 heavy (non-hydrogen) atoms. The van der Waals surface area contributed by atoms with E-state index in [4.69, 9.17) is 10.0 Å². The molecule has 0 aromatic heterocycles. The van der Waals surface area contributed by atoms with Crippen LogP contribution in [0.2, 0.25) is 0 Å². The summed E-state index contributed by atoms with van der Waals surface area (Å²) in [6.07, 6.45) is 0.467. The van der Waals surface area contributed by atoms with E-state index in [2.05, 4.69) is 4.65 Å². The van der Waals surface area contributed by atoms with Crippen LogP contribution in [0.15, 0.2) is 18.2 Å². The third-order valence-corrected chi connectivity index (χ3v) is 1.88. The van der Waals surface area contributed by atoms with E-state index in [1.807, 2.05) is 0 Å². The van der Waals surface area contributed by atoms with Crippen molar-refractivity contribution in [1.82, 2.24) is 0 Å². The van der Waals surface area contributed by atoms with Gasteiger partial charge in [0.2, 0.25) is 0 Å². The fourth-order valence-electron chi connectivity index (χ4n) is 1.27. The monoisotopic (exact) mass is 211 g/mol. The second-order valence-electron chi connectivity index (χ2n) is 2.82. The van der Waals surface area contributed by atoms with E-state index in [1.54, 1.807) is 19.1 Å². The summed E-state index contributed by atoms with van der Waals surface area (Å²) >= 11 is 0. The molecular formula is C8H10BNO5. The minimum atomic E-state index is -2.06. The Kier molecular flexibility index (Phi) is 3.65. The van der Waals surface area contributed by atoms with Gasteiger partial charge in [-0.25, -0.2) is 0 Å². The molecule has 0 fully saturated rings. The fourth-order valence-corrected chi connectivity index (χ4v) is 1.27. The van der Waals surface area contributed by atoms with Gasteiger partial charge in [0, 0.05) is 5.56 Å². The first-order chi connectivity index (χ1) is 7.06. The minimum Gasteiger partial charge on any atom is -0.507 e. The van der Waals surface area contributed by atoms with Crippen molar-refractivity contribution >= 4 is 13.0 Å². The van der Waals surface area contributed by atoms with Crippen LogP contribution in [0.1, 0.15) is 12.5 Å². The number of benzene rings is 1. The Morgan fingerprint density at radius 3 is 2.67 bits per heavy atom. The van der Waals surface area contributed by atoms with E-state index >= 15 is 0 Å². The predicted octanol–water partition coefficient (Wildman–Crippen LogP) is 0.505. The predicted molar refractivity (Wildman–Crippen MR) is 53.3 cm³/mol. The molecule has 0 atom stereocenters. The minimum absolute atomic E-state index is 0.144. The van der Waals surface area contributed by atoms with Gasteiger partial charge in [-0.1, -0.05) is 19.1 Å². The zero-order valence-electron chi connectivity index (χ0n) is 8.08. The normalized spacial score (nSPS) is 9.80. The van der Waals surface area contributed by atoms with Gasteiger partial charge in [0.05, 0.1) is 4.92 Å². The first-order valence-corrected chi connectivity index (χ1v) is 4.35. The molecular weight excluding hydrogens is 201 g/mol. The summed E-state index contributed by atoms with van der Waals surface area (Å²) in [6.45, 7) is 1.77. The van der Waals surface area contributed by atoms with Crippen LogP contribution in [-0.2, 0) is 6.42 Å². The Labute approximate surface area is 86.4 Å². The van der Waals surface area contributed by atoms with Gasteiger partial charge in [0.15, 0.2) is 5.75 Å². The van der Waals surface area contributed by atoms with Gasteiger partial charge >= 0.3 is 13.0 Å². The summed E-state index contributed by atoms with van der Waals surface area (Å²) in [5.41, 5.74) is 0.256. The lowest BCUT2D eigenvalue weighted by Crippen LogP contribution is -2.21. The molecule has 1 aromatic carbocycles. The molecule has 1 aromatic rings. The van der Waals surface area contributed by atoms with Crippen LogP contribution in [0.3, 0.4) is 0 Å². The van der Waals surface area contributed by atoms with E-state index < -0.39 is 12.2 Å². The second kappa shape index (κ2) is 4.76. The topological polar surface area (TPSA) is 92.8 Å². The zero-order valence-corrected chi connectivity index (χ0v) is 8.08. The Bertz CT molecular complexity index is 368. The van der Waals surface area contributed by atoms with Crippen LogP contribution in [0, 0.1) is 10.1 Å². The summed E-state index contributed by atoms with van der Waals surface area (Å²) < 4.78 is 4.52. The lowest BCUT2D eigenvalue weighted by atomic mass is 10.1. The molecule has 0 spiro atoms. The van der Waals surface area contributed by atoms with E-state index in [9.17, 15) is 10.1 Å². The maximum Gasteiger partial charge on any atom is 0.707 e. The highest BCUT2D eigenvalue weighted by molar-refractivity contribution is 6.33. The van der Waals surface area contributed by atoms with Gasteiger partial charge in [0.1, 0.15) is 0 Å². The number of hydrogen-bond acceptors (Lipinski definition) is 5. The van der Waals surface area contributed by atoms with Crippen LogP contribution >= 0.6 is 0 Å². The smallest absolute Gasteiger partial charge is 0.507 e. The molecule has 0 bridgehead atoms.